The van der Waals surface area contributed by atoms with Crippen LogP contribution in [0.25, 0.3) is 0 Å². The van der Waals surface area contributed by atoms with E-state index in [0.29, 0.717) is 19.8 Å². The molecule has 1 amide bonds. The minimum absolute atomic E-state index is 0.0808. The molecule has 5 heteroatoms. The van der Waals surface area contributed by atoms with Crippen molar-refractivity contribution in [3.8, 4) is 0 Å². The van der Waals surface area contributed by atoms with Gasteiger partial charge in [0.2, 0.25) is 5.91 Å². The molecule has 0 unspecified atom stereocenters. The van der Waals surface area contributed by atoms with Crippen molar-refractivity contribution in [2.45, 2.75) is 48.0 Å². The molecule has 20 heavy (non-hydrogen) atoms. The third-order valence-corrected chi connectivity index (χ3v) is 1.56. The molecule has 0 aliphatic carbocycles. The van der Waals surface area contributed by atoms with E-state index in [1.165, 1.54) is 7.11 Å². The highest BCUT2D eigenvalue weighted by Crippen LogP contribution is 1.80. The molecule has 0 saturated heterocycles. The second kappa shape index (κ2) is 36.2. The fourth-order valence-electron chi connectivity index (χ4n) is 0.860. The van der Waals surface area contributed by atoms with Crippen LogP contribution in [0.4, 0.5) is 0 Å². The maximum absolute atomic E-state index is 10.9. The van der Waals surface area contributed by atoms with Gasteiger partial charge in [0, 0.05) is 26.8 Å². The lowest BCUT2D eigenvalue weighted by Crippen LogP contribution is -2.28. The summed E-state index contributed by atoms with van der Waals surface area (Å²) in [6.45, 7) is 15.0. The second-order valence-electron chi connectivity index (χ2n) is 2.85. The third kappa shape index (κ3) is 36.0. The first-order valence-electron chi connectivity index (χ1n) is 7.79. The quantitative estimate of drug-likeness (QED) is 0.641. The number of nitrogens with one attached hydrogen (secondary N) is 2. The van der Waals surface area contributed by atoms with Crippen molar-refractivity contribution in [1.82, 2.24) is 10.6 Å². The molecule has 0 rings (SSSR count). The predicted molar refractivity (Wildman–Crippen MR) is 88.3 cm³/mol. The number of amides is 1. The highest BCUT2D eigenvalue weighted by molar-refractivity contribution is 5.77. The molecule has 0 atom stereocenters. The summed E-state index contributed by atoms with van der Waals surface area (Å²) in [7, 11) is 3.38. The van der Waals surface area contributed by atoms with Gasteiger partial charge in [0.05, 0.1) is 6.61 Å². The first kappa shape index (κ1) is 27.7. The lowest BCUT2D eigenvalue weighted by atomic mass is 10.4. The Morgan fingerprint density at radius 1 is 0.950 bits per heavy atom. The molecule has 0 aliphatic rings. The number of carbonyl (C=O) groups is 1. The van der Waals surface area contributed by atoms with E-state index in [2.05, 4.69) is 15.4 Å². The number of rotatable bonds is 9. The van der Waals surface area contributed by atoms with Crippen molar-refractivity contribution < 1.29 is 14.3 Å². The first-order valence-corrected chi connectivity index (χ1v) is 7.79. The molecule has 2 N–H and O–H groups in total. The summed E-state index contributed by atoms with van der Waals surface area (Å²) in [5.41, 5.74) is 0. The van der Waals surface area contributed by atoms with Crippen LogP contribution in [0, 0.1) is 0 Å². The van der Waals surface area contributed by atoms with E-state index in [4.69, 9.17) is 4.74 Å². The van der Waals surface area contributed by atoms with Gasteiger partial charge in [-0.25, -0.2) is 0 Å². The average molecular weight is 294 g/mol. The molecule has 5 nitrogen and oxygen atoms in total. The number of likely N-dealkylation sites (N-methyl/N-ethyl adjacent to an activating group) is 1. The number of carbonyl (C=O) groups excluding carboxylic acids is 1. The van der Waals surface area contributed by atoms with E-state index in [1.807, 2.05) is 48.6 Å². The standard InChI is InChI=1S/C9H20N2O3.3C2H6/c1-10-5-7-14-6-3-4-11-9(12)8-13-2;3*1-2/h10H,3-8H2,1-2H3,(H,11,12);3*1-2H3. The van der Waals surface area contributed by atoms with Crippen molar-refractivity contribution in [2.24, 2.45) is 0 Å². The summed E-state index contributed by atoms with van der Waals surface area (Å²) in [5.74, 6) is -0.0808. The van der Waals surface area contributed by atoms with Crippen LogP contribution in [0.5, 0.6) is 0 Å². The second-order valence-corrected chi connectivity index (χ2v) is 2.85. The Bertz CT molecular complexity index is 145. The number of ether oxygens (including phenoxy) is 2. The summed E-state index contributed by atoms with van der Waals surface area (Å²) in [5, 5.41) is 5.70. The molecule has 126 valence electrons. The molecule has 0 fully saturated rings. The zero-order valence-electron chi connectivity index (χ0n) is 15.0. The Morgan fingerprint density at radius 2 is 1.50 bits per heavy atom. The van der Waals surface area contributed by atoms with Crippen molar-refractivity contribution in [1.29, 1.82) is 0 Å². The molecular formula is C15H38N2O3. The SMILES string of the molecule is CC.CC.CC.CNCCOCCCNC(=O)COC. The first-order chi connectivity index (χ1) is 9.81. The Balaban J connectivity index is -0.000000187. The van der Waals surface area contributed by atoms with Gasteiger partial charge < -0.3 is 20.1 Å². The summed E-state index contributed by atoms with van der Waals surface area (Å²) in [6, 6.07) is 0. The van der Waals surface area contributed by atoms with E-state index in [0.717, 1.165) is 13.0 Å². The molecule has 0 aliphatic heterocycles. The Labute approximate surface area is 126 Å². The minimum atomic E-state index is -0.0808. The van der Waals surface area contributed by atoms with E-state index in [-0.39, 0.29) is 12.5 Å². The van der Waals surface area contributed by atoms with Gasteiger partial charge in [-0.1, -0.05) is 41.5 Å². The van der Waals surface area contributed by atoms with Crippen LogP contribution in [0.1, 0.15) is 48.0 Å². The fourth-order valence-corrected chi connectivity index (χ4v) is 0.860. The maximum atomic E-state index is 10.9. The van der Waals surface area contributed by atoms with Gasteiger partial charge in [-0.2, -0.15) is 0 Å². The highest BCUT2D eigenvalue weighted by Gasteiger charge is 1.97. The lowest BCUT2D eigenvalue weighted by molar-refractivity contribution is -0.124. The van der Waals surface area contributed by atoms with Gasteiger partial charge >= 0.3 is 0 Å². The molecule has 0 heterocycles. The van der Waals surface area contributed by atoms with Gasteiger partial charge in [-0.15, -0.1) is 0 Å². The molecule has 0 aromatic heterocycles. The molecule has 0 radical (unpaired) electrons. The predicted octanol–water partition coefficient (Wildman–Crippen LogP) is 2.45. The zero-order valence-corrected chi connectivity index (χ0v) is 15.0. The molecule has 0 saturated carbocycles. The van der Waals surface area contributed by atoms with Crippen LogP contribution in [0.3, 0.4) is 0 Å². The van der Waals surface area contributed by atoms with E-state index < -0.39 is 0 Å². The Hall–Kier alpha value is -0.650. The number of hydrogen-bond donors (Lipinski definition) is 2. The van der Waals surface area contributed by atoms with Crippen LogP contribution in [0.2, 0.25) is 0 Å². The average Bonchev–Trinajstić information content (AvgIpc) is 2.53. The molecule has 0 spiro atoms. The summed E-state index contributed by atoms with van der Waals surface area (Å²) in [6.07, 6.45) is 0.833. The van der Waals surface area contributed by atoms with E-state index in [9.17, 15) is 4.79 Å². The number of methoxy groups -OCH3 is 1. The van der Waals surface area contributed by atoms with Gasteiger partial charge in [0.15, 0.2) is 0 Å². The maximum Gasteiger partial charge on any atom is 0.245 e. The molecule has 0 aromatic carbocycles. The van der Waals surface area contributed by atoms with Crippen LogP contribution < -0.4 is 10.6 Å². The summed E-state index contributed by atoms with van der Waals surface area (Å²) < 4.78 is 9.93. The van der Waals surface area contributed by atoms with Crippen molar-refractivity contribution in [2.75, 3.05) is 47.1 Å². The monoisotopic (exact) mass is 294 g/mol. The van der Waals surface area contributed by atoms with Crippen molar-refractivity contribution >= 4 is 5.91 Å². The Kier molecular flexibility index (Phi) is 50.1. The van der Waals surface area contributed by atoms with Gasteiger partial charge in [-0.3, -0.25) is 4.79 Å². The van der Waals surface area contributed by atoms with Gasteiger partial charge in [0.25, 0.3) is 0 Å². The largest absolute Gasteiger partial charge is 0.380 e. The molecule has 0 aromatic rings. The Morgan fingerprint density at radius 3 is 1.95 bits per heavy atom. The lowest BCUT2D eigenvalue weighted by Gasteiger charge is -2.05. The van der Waals surface area contributed by atoms with E-state index >= 15 is 0 Å². The van der Waals surface area contributed by atoms with Gasteiger partial charge in [0.1, 0.15) is 6.61 Å². The normalized spacial score (nSPS) is 8.00. The van der Waals surface area contributed by atoms with Gasteiger partial charge in [-0.05, 0) is 13.5 Å². The zero-order chi connectivity index (χ0) is 16.6. The van der Waals surface area contributed by atoms with Crippen molar-refractivity contribution in [3.05, 3.63) is 0 Å². The van der Waals surface area contributed by atoms with Crippen LogP contribution in [-0.4, -0.2) is 53.0 Å². The highest BCUT2D eigenvalue weighted by atomic mass is 16.5. The fraction of sp³-hybridized carbons (Fsp3) is 0.933. The van der Waals surface area contributed by atoms with Crippen LogP contribution in [-0.2, 0) is 14.3 Å². The smallest absolute Gasteiger partial charge is 0.245 e. The topological polar surface area (TPSA) is 59.6 Å². The van der Waals surface area contributed by atoms with E-state index in [1.54, 1.807) is 0 Å². The molecule has 0 bridgehead atoms. The minimum Gasteiger partial charge on any atom is -0.380 e. The molecular weight excluding hydrogens is 256 g/mol. The number of hydrogen-bond acceptors (Lipinski definition) is 4. The third-order valence-electron chi connectivity index (χ3n) is 1.56. The van der Waals surface area contributed by atoms with Crippen molar-refractivity contribution in [3.63, 3.8) is 0 Å². The summed E-state index contributed by atoms with van der Waals surface area (Å²) in [4.78, 5) is 10.9. The van der Waals surface area contributed by atoms with Crippen LogP contribution >= 0.6 is 0 Å². The van der Waals surface area contributed by atoms with Crippen LogP contribution in [0.15, 0.2) is 0 Å². The summed E-state index contributed by atoms with van der Waals surface area (Å²) >= 11 is 0.